The number of aryl methyl sites for hydroxylation is 6. The molecule has 68 heavy (non-hydrogen) atoms. The molecule has 6 aromatic carbocycles. The van der Waals surface area contributed by atoms with Crippen molar-refractivity contribution < 1.29 is 27.0 Å². The number of amides is 2. The summed E-state index contributed by atoms with van der Waals surface area (Å²) in [6.07, 6.45) is 3.27. The second kappa shape index (κ2) is 20.3. The summed E-state index contributed by atoms with van der Waals surface area (Å²) in [6, 6.07) is 47.2. The number of carbonyl (C=O) groups excluding carboxylic acids is 2. The van der Waals surface area contributed by atoms with Crippen molar-refractivity contribution >= 4 is 61.3 Å². The second-order valence-electron chi connectivity index (χ2n) is 17.6. The largest absolute Gasteiger partial charge is 0.456 e. The van der Waals surface area contributed by atoms with Gasteiger partial charge in [0.2, 0.25) is 22.9 Å². The lowest BCUT2D eigenvalue weighted by Crippen LogP contribution is -2.28. The molecular formula is C57H57N4O6S+. The molecule has 0 unspecified atom stereocenters. The van der Waals surface area contributed by atoms with E-state index in [9.17, 15) is 22.6 Å². The van der Waals surface area contributed by atoms with E-state index in [0.29, 0.717) is 46.5 Å². The molecule has 0 saturated heterocycles. The number of fused-ring (bicyclic) bond motifs is 2. The van der Waals surface area contributed by atoms with Gasteiger partial charge in [-0.25, -0.2) is 0 Å². The van der Waals surface area contributed by atoms with Crippen LogP contribution in [0, 0.1) is 27.7 Å². The first-order valence-corrected chi connectivity index (χ1v) is 24.4. The second-order valence-corrected chi connectivity index (χ2v) is 18.9. The first-order chi connectivity index (χ1) is 32.6. The molecule has 0 saturated carbocycles. The van der Waals surface area contributed by atoms with E-state index in [2.05, 4.69) is 96.3 Å². The normalized spacial score (nSPS) is 12.0. The van der Waals surface area contributed by atoms with E-state index < -0.39 is 10.1 Å². The van der Waals surface area contributed by atoms with E-state index >= 15 is 0 Å². The van der Waals surface area contributed by atoms with Crippen molar-refractivity contribution in [1.29, 1.82) is 0 Å². The summed E-state index contributed by atoms with van der Waals surface area (Å²) in [5, 5.41) is 7.29. The van der Waals surface area contributed by atoms with Gasteiger partial charge in [0.1, 0.15) is 22.8 Å². The van der Waals surface area contributed by atoms with Crippen LogP contribution in [0.4, 0.5) is 28.4 Å². The highest BCUT2D eigenvalue weighted by molar-refractivity contribution is 7.86. The Balaban J connectivity index is 1.28. The third kappa shape index (κ3) is 10.6. The molecule has 0 fully saturated rings. The molecule has 3 N–H and O–H groups in total. The van der Waals surface area contributed by atoms with Gasteiger partial charge in [0, 0.05) is 94.9 Å². The van der Waals surface area contributed by atoms with Crippen LogP contribution >= 0.6 is 0 Å². The number of hydrogen-bond donors (Lipinski definition) is 3. The lowest BCUT2D eigenvalue weighted by molar-refractivity contribution is -0.115. The SMILES string of the molecule is CC(=O)Nc1ccc(CCCN(c2ccc3c(-c4ccccc4S(=O)(=O)O)c4ccc(=[N+](CCCc5ccc(NC(C)=O)cc5)c5c(C)cccc5C)cc-4oc3c2)c2c(C)cccc2C)cc1. The van der Waals surface area contributed by atoms with Crippen molar-refractivity contribution in [3.8, 4) is 22.5 Å². The standard InChI is InChI=1S/C57H56N4O6S/c1-37-13-9-14-38(2)56(37)60(33-11-17-43-21-25-45(26-22-43)58-41(5)62)47-29-31-49-52(35-47)67-53-36-48(30-32-50(53)55(49)51-19-7-8-20-54(51)68(64,65)66)61(57-39(3)15-10-16-40(57)4)34-12-18-44-23-27-46(28-24-44)59-42(6)63/h7-10,13-16,19-32,35-36H,11-12,17-18,33-34H2,1-6H3,(H2-,58,59,62,63,64,65,66)/p+1. The van der Waals surface area contributed by atoms with Crippen molar-refractivity contribution in [2.75, 3.05) is 28.6 Å². The van der Waals surface area contributed by atoms with Gasteiger partial charge in [-0.1, -0.05) is 78.9 Å². The molecule has 0 atom stereocenters. The summed E-state index contributed by atoms with van der Waals surface area (Å²) in [5.41, 5.74) is 13.7. The van der Waals surface area contributed by atoms with E-state index in [0.717, 1.165) is 92.9 Å². The Hall–Kier alpha value is -7.34. The Kier molecular flexibility index (Phi) is 14.1. The lowest BCUT2D eigenvalue weighted by Gasteiger charge is -2.29. The molecule has 6 aromatic rings. The summed E-state index contributed by atoms with van der Waals surface area (Å²) in [4.78, 5) is 25.4. The maximum Gasteiger partial charge on any atom is 0.295 e. The van der Waals surface area contributed by atoms with Gasteiger partial charge in [0.05, 0.1) is 6.07 Å². The van der Waals surface area contributed by atoms with E-state index in [-0.39, 0.29) is 16.7 Å². The molecule has 1 aliphatic carbocycles. The van der Waals surface area contributed by atoms with Gasteiger partial charge in [0.25, 0.3) is 10.1 Å². The first-order valence-electron chi connectivity index (χ1n) is 23.0. The van der Waals surface area contributed by atoms with E-state index in [1.807, 2.05) is 72.8 Å². The van der Waals surface area contributed by atoms with Crippen LogP contribution in [0.2, 0.25) is 0 Å². The van der Waals surface area contributed by atoms with Crippen LogP contribution in [-0.2, 0) is 32.5 Å². The zero-order chi connectivity index (χ0) is 48.1. The van der Waals surface area contributed by atoms with Gasteiger partial charge in [-0.05, 0) is 118 Å². The molecule has 1 aliphatic heterocycles. The lowest BCUT2D eigenvalue weighted by atomic mass is 9.93. The van der Waals surface area contributed by atoms with Crippen molar-refractivity contribution in [2.24, 2.45) is 0 Å². The van der Waals surface area contributed by atoms with Gasteiger partial charge in [-0.3, -0.25) is 14.1 Å². The molecule has 8 rings (SSSR count). The van der Waals surface area contributed by atoms with Gasteiger partial charge < -0.3 is 20.0 Å². The third-order valence-corrected chi connectivity index (χ3v) is 13.3. The molecule has 11 heteroatoms. The quantitative estimate of drug-likeness (QED) is 0.0530. The Labute approximate surface area is 398 Å². The molecule has 2 aliphatic rings. The number of benzene rings is 7. The van der Waals surface area contributed by atoms with Gasteiger partial charge in [-0.2, -0.15) is 13.0 Å². The van der Waals surface area contributed by atoms with E-state index in [4.69, 9.17) is 4.42 Å². The minimum atomic E-state index is -4.62. The summed E-state index contributed by atoms with van der Waals surface area (Å²) in [7, 11) is -4.62. The molecule has 346 valence electrons. The van der Waals surface area contributed by atoms with Crippen LogP contribution in [0.25, 0.3) is 33.4 Å². The fourth-order valence-electron chi connectivity index (χ4n) is 9.39. The fourth-order valence-corrected chi connectivity index (χ4v) is 10.1. The summed E-state index contributed by atoms with van der Waals surface area (Å²) >= 11 is 0. The van der Waals surface area contributed by atoms with Crippen LogP contribution in [0.1, 0.15) is 60.1 Å². The Bertz CT molecular complexity index is 3280. The number of para-hydroxylation sites is 2. The molecule has 10 nitrogen and oxygen atoms in total. The highest BCUT2D eigenvalue weighted by atomic mass is 32.2. The van der Waals surface area contributed by atoms with Gasteiger partial charge in [-0.15, -0.1) is 0 Å². The van der Waals surface area contributed by atoms with Crippen molar-refractivity contribution in [1.82, 2.24) is 4.58 Å². The van der Waals surface area contributed by atoms with Crippen LogP contribution in [0.3, 0.4) is 0 Å². The molecule has 0 radical (unpaired) electrons. The zero-order valence-electron chi connectivity index (χ0n) is 39.4. The summed E-state index contributed by atoms with van der Waals surface area (Å²) in [5.74, 6) is 0.337. The minimum Gasteiger partial charge on any atom is -0.456 e. The van der Waals surface area contributed by atoms with Gasteiger partial charge in [0.15, 0.2) is 0 Å². The minimum absolute atomic E-state index is 0.109. The monoisotopic (exact) mass is 925 g/mol. The molecule has 2 amide bonds. The van der Waals surface area contributed by atoms with Gasteiger partial charge >= 0.3 is 0 Å². The number of rotatable bonds is 15. The average molecular weight is 926 g/mol. The Morgan fingerprint density at radius 3 is 1.79 bits per heavy atom. The van der Waals surface area contributed by atoms with Crippen LogP contribution in [-0.4, -0.2) is 37.9 Å². The van der Waals surface area contributed by atoms with Crippen molar-refractivity contribution in [3.05, 3.63) is 184 Å². The van der Waals surface area contributed by atoms with E-state index in [1.54, 1.807) is 18.2 Å². The number of anilines is 4. The molecule has 1 heterocycles. The van der Waals surface area contributed by atoms with Crippen molar-refractivity contribution in [2.45, 2.75) is 72.1 Å². The first kappa shape index (κ1) is 47.2. The van der Waals surface area contributed by atoms with E-state index in [1.165, 1.54) is 19.9 Å². The highest BCUT2D eigenvalue weighted by Crippen LogP contribution is 2.44. The molecule has 0 bridgehead atoms. The number of nitrogens with one attached hydrogen (secondary N) is 2. The highest BCUT2D eigenvalue weighted by Gasteiger charge is 2.26. The third-order valence-electron chi connectivity index (χ3n) is 12.4. The topological polar surface area (TPSA) is 132 Å². The maximum absolute atomic E-state index is 13.0. The smallest absolute Gasteiger partial charge is 0.295 e. The number of carbonyl (C=O) groups is 2. The predicted molar refractivity (Wildman–Crippen MR) is 275 cm³/mol. The number of hydrogen-bond acceptors (Lipinski definition) is 6. The molecule has 0 aromatic heterocycles. The maximum atomic E-state index is 13.0. The van der Waals surface area contributed by atoms with Crippen LogP contribution < -0.4 is 25.5 Å². The van der Waals surface area contributed by atoms with Crippen LogP contribution in [0.15, 0.2) is 155 Å². The fraction of sp³-hybridized carbons (Fsp3) is 0.211. The van der Waals surface area contributed by atoms with Crippen LogP contribution in [0.5, 0.6) is 0 Å². The Morgan fingerprint density at radius 1 is 0.632 bits per heavy atom. The zero-order valence-corrected chi connectivity index (χ0v) is 40.2. The predicted octanol–water partition coefficient (Wildman–Crippen LogP) is 12.1. The number of nitrogens with zero attached hydrogens (tertiary/aromatic N) is 2. The average Bonchev–Trinajstić information content (AvgIpc) is 3.29. The molecular weight excluding hydrogens is 869 g/mol. The summed E-state index contributed by atoms with van der Waals surface area (Å²) < 4.78 is 46.0. The Morgan fingerprint density at radius 2 is 1.21 bits per heavy atom. The molecule has 0 spiro atoms. The summed E-state index contributed by atoms with van der Waals surface area (Å²) in [6.45, 7) is 12.8. The van der Waals surface area contributed by atoms with Crippen molar-refractivity contribution in [3.63, 3.8) is 0 Å².